The third-order valence-electron chi connectivity index (χ3n) is 2.59. The van der Waals surface area contributed by atoms with Gasteiger partial charge in [0.15, 0.2) is 17.4 Å². The van der Waals surface area contributed by atoms with Crippen molar-refractivity contribution >= 4 is 0 Å². The van der Waals surface area contributed by atoms with Gasteiger partial charge in [0.2, 0.25) is 0 Å². The first-order valence-corrected chi connectivity index (χ1v) is 5.83. The minimum absolute atomic E-state index is 0.214. The molecule has 4 nitrogen and oxygen atoms in total. The standard InChI is InChI=1S/C13H16FN3O/c1-9(2)7-17-8-15-16-13(17)10-4-5-11(14)12(6-10)18-3/h4-6,8-9H,7H2,1-3H3. The first kappa shape index (κ1) is 12.5. The van der Waals surface area contributed by atoms with Gasteiger partial charge in [0.1, 0.15) is 6.33 Å². The second kappa shape index (κ2) is 5.16. The van der Waals surface area contributed by atoms with Crippen LogP contribution in [0.2, 0.25) is 0 Å². The van der Waals surface area contributed by atoms with Crippen LogP contribution in [0.15, 0.2) is 24.5 Å². The van der Waals surface area contributed by atoms with Gasteiger partial charge in [-0.1, -0.05) is 13.8 Å². The molecular weight excluding hydrogens is 233 g/mol. The fourth-order valence-electron chi connectivity index (χ4n) is 1.80. The van der Waals surface area contributed by atoms with Crippen LogP contribution in [0.1, 0.15) is 13.8 Å². The van der Waals surface area contributed by atoms with Crippen LogP contribution in [0, 0.1) is 11.7 Å². The van der Waals surface area contributed by atoms with Gasteiger partial charge >= 0.3 is 0 Å². The van der Waals surface area contributed by atoms with Crippen molar-refractivity contribution in [1.29, 1.82) is 0 Å². The predicted molar refractivity (Wildman–Crippen MR) is 66.8 cm³/mol. The van der Waals surface area contributed by atoms with E-state index in [4.69, 9.17) is 4.74 Å². The lowest BCUT2D eigenvalue weighted by Crippen LogP contribution is -2.05. The highest BCUT2D eigenvalue weighted by Gasteiger charge is 2.11. The Hall–Kier alpha value is -1.91. The average molecular weight is 249 g/mol. The zero-order valence-corrected chi connectivity index (χ0v) is 10.7. The Bertz CT molecular complexity index is 537. The maximum absolute atomic E-state index is 13.4. The van der Waals surface area contributed by atoms with Crippen LogP contribution in [-0.4, -0.2) is 21.9 Å². The number of hydrogen-bond donors (Lipinski definition) is 0. The van der Waals surface area contributed by atoms with Crippen molar-refractivity contribution in [2.75, 3.05) is 7.11 Å². The van der Waals surface area contributed by atoms with Gasteiger partial charge in [0, 0.05) is 12.1 Å². The monoisotopic (exact) mass is 249 g/mol. The fourth-order valence-corrected chi connectivity index (χ4v) is 1.80. The summed E-state index contributed by atoms with van der Waals surface area (Å²) in [5.74, 6) is 1.05. The van der Waals surface area contributed by atoms with E-state index in [-0.39, 0.29) is 11.6 Å². The van der Waals surface area contributed by atoms with Crippen molar-refractivity contribution in [3.8, 4) is 17.1 Å². The number of benzene rings is 1. The normalized spacial score (nSPS) is 10.9. The van der Waals surface area contributed by atoms with E-state index in [9.17, 15) is 4.39 Å². The number of hydrogen-bond acceptors (Lipinski definition) is 3. The summed E-state index contributed by atoms with van der Waals surface area (Å²) in [7, 11) is 1.45. The predicted octanol–water partition coefficient (Wildman–Crippen LogP) is 2.75. The lowest BCUT2D eigenvalue weighted by Gasteiger charge is -2.10. The highest BCUT2D eigenvalue weighted by atomic mass is 19.1. The largest absolute Gasteiger partial charge is 0.494 e. The molecular formula is C13H16FN3O. The van der Waals surface area contributed by atoms with E-state index in [0.29, 0.717) is 5.92 Å². The van der Waals surface area contributed by atoms with E-state index in [1.54, 1.807) is 18.5 Å². The molecule has 0 fully saturated rings. The van der Waals surface area contributed by atoms with Gasteiger partial charge < -0.3 is 9.30 Å². The first-order chi connectivity index (χ1) is 8.61. The number of methoxy groups -OCH3 is 1. The van der Waals surface area contributed by atoms with Crippen LogP contribution in [0.5, 0.6) is 5.75 Å². The number of aromatic nitrogens is 3. The van der Waals surface area contributed by atoms with E-state index in [0.717, 1.165) is 17.9 Å². The summed E-state index contributed by atoms with van der Waals surface area (Å²) in [4.78, 5) is 0. The Morgan fingerprint density at radius 1 is 1.39 bits per heavy atom. The van der Waals surface area contributed by atoms with E-state index < -0.39 is 0 Å². The van der Waals surface area contributed by atoms with Crippen molar-refractivity contribution in [2.24, 2.45) is 5.92 Å². The molecule has 0 saturated carbocycles. The summed E-state index contributed by atoms with van der Waals surface area (Å²) in [6.45, 7) is 5.06. The maximum Gasteiger partial charge on any atom is 0.165 e. The summed E-state index contributed by atoms with van der Waals surface area (Å²) >= 11 is 0. The maximum atomic E-state index is 13.4. The summed E-state index contributed by atoms with van der Waals surface area (Å²) in [6, 6.07) is 4.69. The Morgan fingerprint density at radius 3 is 2.83 bits per heavy atom. The van der Waals surface area contributed by atoms with Gasteiger partial charge in [-0.3, -0.25) is 0 Å². The number of halogens is 1. The lowest BCUT2D eigenvalue weighted by atomic mass is 10.1. The molecule has 5 heteroatoms. The average Bonchev–Trinajstić information content (AvgIpc) is 2.77. The number of nitrogens with zero attached hydrogens (tertiary/aromatic N) is 3. The molecule has 0 aliphatic heterocycles. The van der Waals surface area contributed by atoms with Gasteiger partial charge in [-0.05, 0) is 24.1 Å². The first-order valence-electron chi connectivity index (χ1n) is 5.83. The van der Waals surface area contributed by atoms with Crippen LogP contribution in [0.25, 0.3) is 11.4 Å². The second-order valence-electron chi connectivity index (χ2n) is 4.55. The Kier molecular flexibility index (Phi) is 3.60. The van der Waals surface area contributed by atoms with Gasteiger partial charge in [-0.2, -0.15) is 0 Å². The lowest BCUT2D eigenvalue weighted by molar-refractivity contribution is 0.386. The minimum atomic E-state index is -0.379. The second-order valence-corrected chi connectivity index (χ2v) is 4.55. The molecule has 0 aliphatic rings. The SMILES string of the molecule is COc1cc(-c2nncn2CC(C)C)ccc1F. The van der Waals surface area contributed by atoms with Gasteiger partial charge in [-0.25, -0.2) is 4.39 Å². The molecule has 0 amide bonds. The zero-order valence-electron chi connectivity index (χ0n) is 10.7. The Balaban J connectivity index is 2.39. The Labute approximate surface area is 105 Å². The number of rotatable bonds is 4. The van der Waals surface area contributed by atoms with Crippen LogP contribution < -0.4 is 4.74 Å². The van der Waals surface area contributed by atoms with Crippen molar-refractivity contribution < 1.29 is 9.13 Å². The molecule has 2 rings (SSSR count). The van der Waals surface area contributed by atoms with Crippen LogP contribution in [-0.2, 0) is 6.54 Å². The van der Waals surface area contributed by atoms with Crippen LogP contribution >= 0.6 is 0 Å². The minimum Gasteiger partial charge on any atom is -0.494 e. The molecule has 0 saturated heterocycles. The molecule has 18 heavy (non-hydrogen) atoms. The van der Waals surface area contributed by atoms with E-state index >= 15 is 0 Å². The molecule has 96 valence electrons. The Morgan fingerprint density at radius 2 is 2.17 bits per heavy atom. The zero-order chi connectivity index (χ0) is 13.1. The summed E-state index contributed by atoms with van der Waals surface area (Å²) in [5, 5.41) is 7.99. The molecule has 0 aliphatic carbocycles. The quantitative estimate of drug-likeness (QED) is 0.836. The number of ether oxygens (including phenoxy) is 1. The van der Waals surface area contributed by atoms with Gasteiger partial charge in [0.05, 0.1) is 7.11 Å². The summed E-state index contributed by atoms with van der Waals surface area (Å²) in [5.41, 5.74) is 0.798. The topological polar surface area (TPSA) is 39.9 Å². The summed E-state index contributed by atoms with van der Waals surface area (Å²) < 4.78 is 20.3. The van der Waals surface area contributed by atoms with Gasteiger partial charge in [0.25, 0.3) is 0 Å². The van der Waals surface area contributed by atoms with Crippen LogP contribution in [0.4, 0.5) is 4.39 Å². The molecule has 1 aromatic carbocycles. The molecule has 1 heterocycles. The summed E-state index contributed by atoms with van der Waals surface area (Å²) in [6.07, 6.45) is 1.69. The van der Waals surface area contributed by atoms with Crippen molar-refractivity contribution in [3.05, 3.63) is 30.3 Å². The van der Waals surface area contributed by atoms with Crippen LogP contribution in [0.3, 0.4) is 0 Å². The van der Waals surface area contributed by atoms with Crippen molar-refractivity contribution in [1.82, 2.24) is 14.8 Å². The molecule has 0 spiro atoms. The smallest absolute Gasteiger partial charge is 0.165 e. The molecule has 1 aromatic heterocycles. The fraction of sp³-hybridized carbons (Fsp3) is 0.385. The molecule has 0 atom stereocenters. The molecule has 0 unspecified atom stereocenters. The van der Waals surface area contributed by atoms with E-state index in [1.165, 1.54) is 13.2 Å². The highest BCUT2D eigenvalue weighted by Crippen LogP contribution is 2.25. The molecule has 0 bridgehead atoms. The van der Waals surface area contributed by atoms with Crippen molar-refractivity contribution in [3.63, 3.8) is 0 Å². The highest BCUT2D eigenvalue weighted by molar-refractivity contribution is 5.57. The molecule has 2 aromatic rings. The molecule has 0 radical (unpaired) electrons. The molecule has 0 N–H and O–H groups in total. The van der Waals surface area contributed by atoms with Gasteiger partial charge in [-0.15, -0.1) is 10.2 Å². The van der Waals surface area contributed by atoms with E-state index in [1.807, 2.05) is 4.57 Å². The third kappa shape index (κ3) is 2.50. The third-order valence-corrected chi connectivity index (χ3v) is 2.59. The van der Waals surface area contributed by atoms with Crippen molar-refractivity contribution in [2.45, 2.75) is 20.4 Å². The van der Waals surface area contributed by atoms with E-state index in [2.05, 4.69) is 24.0 Å².